The molecule has 1 aromatic heterocycles. The number of aryl methyl sites for hydroxylation is 1. The number of aromatic nitrogens is 1. The first-order chi connectivity index (χ1) is 14.1. The van der Waals surface area contributed by atoms with Crippen molar-refractivity contribution in [2.24, 2.45) is 5.92 Å². The average molecular weight is 392 g/mol. The number of piperidine rings is 1. The Morgan fingerprint density at radius 3 is 2.69 bits per heavy atom. The minimum atomic E-state index is -0.210. The number of rotatable bonds is 5. The SMILES string of the molecule is O=C(Cn1ccc(=O)c2ccccc21)N1CCCC(CCc2ccc(F)cc2)C1. The van der Waals surface area contributed by atoms with Crippen LogP contribution in [0, 0.1) is 11.7 Å². The van der Waals surface area contributed by atoms with Crippen LogP contribution in [-0.4, -0.2) is 28.5 Å². The molecule has 0 radical (unpaired) electrons. The van der Waals surface area contributed by atoms with Crippen molar-refractivity contribution in [2.45, 2.75) is 32.2 Å². The van der Waals surface area contributed by atoms with Crippen molar-refractivity contribution in [2.75, 3.05) is 13.1 Å². The van der Waals surface area contributed by atoms with Gasteiger partial charge in [-0.3, -0.25) is 9.59 Å². The first kappa shape index (κ1) is 19.4. The number of fused-ring (bicyclic) bond motifs is 1. The Morgan fingerprint density at radius 1 is 1.07 bits per heavy atom. The van der Waals surface area contributed by atoms with Crippen LogP contribution >= 0.6 is 0 Å². The molecule has 1 fully saturated rings. The van der Waals surface area contributed by atoms with Crippen molar-refractivity contribution >= 4 is 16.8 Å². The Hall–Kier alpha value is -2.95. The van der Waals surface area contributed by atoms with Gasteiger partial charge in [0.25, 0.3) is 0 Å². The number of para-hydroxylation sites is 1. The Kier molecular flexibility index (Phi) is 5.74. The van der Waals surface area contributed by atoms with Crippen LogP contribution in [-0.2, 0) is 17.8 Å². The van der Waals surface area contributed by atoms with Crippen molar-refractivity contribution in [1.29, 1.82) is 0 Å². The van der Waals surface area contributed by atoms with Gasteiger partial charge in [0.05, 0.1) is 5.52 Å². The van der Waals surface area contributed by atoms with E-state index in [1.165, 1.54) is 18.2 Å². The lowest BCUT2D eigenvalue weighted by atomic mass is 9.91. The lowest BCUT2D eigenvalue weighted by molar-refractivity contribution is -0.133. The largest absolute Gasteiger partial charge is 0.341 e. The van der Waals surface area contributed by atoms with Gasteiger partial charge in [-0.15, -0.1) is 0 Å². The summed E-state index contributed by atoms with van der Waals surface area (Å²) in [6.45, 7) is 1.79. The van der Waals surface area contributed by atoms with Gasteiger partial charge in [0.15, 0.2) is 5.43 Å². The van der Waals surface area contributed by atoms with Crippen molar-refractivity contribution in [1.82, 2.24) is 9.47 Å². The van der Waals surface area contributed by atoms with Gasteiger partial charge in [-0.2, -0.15) is 0 Å². The standard InChI is InChI=1S/C24H25FN2O2/c25-20-11-9-18(10-12-20)7-8-19-4-3-14-27(16-19)24(29)17-26-15-13-23(28)21-5-1-2-6-22(21)26/h1-2,5-6,9-13,15,19H,3-4,7-8,14,16-17H2. The van der Waals surface area contributed by atoms with E-state index in [9.17, 15) is 14.0 Å². The second-order valence-electron chi connectivity index (χ2n) is 7.84. The summed E-state index contributed by atoms with van der Waals surface area (Å²) in [5.41, 5.74) is 1.90. The lowest BCUT2D eigenvalue weighted by Crippen LogP contribution is -2.41. The van der Waals surface area contributed by atoms with Gasteiger partial charge in [0, 0.05) is 30.7 Å². The predicted molar refractivity (Wildman–Crippen MR) is 112 cm³/mol. The topological polar surface area (TPSA) is 42.3 Å². The van der Waals surface area contributed by atoms with Crippen LogP contribution < -0.4 is 5.43 Å². The van der Waals surface area contributed by atoms with Crippen LogP contribution in [0.5, 0.6) is 0 Å². The van der Waals surface area contributed by atoms with Crippen LogP contribution in [0.1, 0.15) is 24.8 Å². The van der Waals surface area contributed by atoms with Gasteiger partial charge in [-0.05, 0) is 61.4 Å². The molecule has 1 unspecified atom stereocenters. The van der Waals surface area contributed by atoms with Crippen molar-refractivity contribution < 1.29 is 9.18 Å². The molecular formula is C24H25FN2O2. The Balaban J connectivity index is 1.39. The second-order valence-corrected chi connectivity index (χ2v) is 7.84. The van der Waals surface area contributed by atoms with E-state index >= 15 is 0 Å². The molecule has 0 saturated carbocycles. The maximum Gasteiger partial charge on any atom is 0.242 e. The first-order valence-electron chi connectivity index (χ1n) is 10.2. The van der Waals surface area contributed by atoms with Crippen LogP contribution in [0.25, 0.3) is 10.9 Å². The maximum atomic E-state index is 13.1. The number of hydrogen-bond donors (Lipinski definition) is 0. The lowest BCUT2D eigenvalue weighted by Gasteiger charge is -2.33. The second kappa shape index (κ2) is 8.60. The molecule has 3 aromatic rings. The molecule has 1 amide bonds. The van der Waals surface area contributed by atoms with Gasteiger partial charge in [0.1, 0.15) is 12.4 Å². The van der Waals surface area contributed by atoms with E-state index in [1.807, 2.05) is 39.8 Å². The van der Waals surface area contributed by atoms with Crippen LogP contribution in [0.2, 0.25) is 0 Å². The minimum absolute atomic E-state index is 0.0249. The van der Waals surface area contributed by atoms with E-state index in [2.05, 4.69) is 0 Å². The molecule has 4 nitrogen and oxygen atoms in total. The molecule has 1 atom stereocenters. The maximum absolute atomic E-state index is 13.1. The Labute approximate surface area is 169 Å². The van der Waals surface area contributed by atoms with E-state index in [1.54, 1.807) is 12.3 Å². The highest BCUT2D eigenvalue weighted by atomic mass is 19.1. The molecule has 1 aliphatic heterocycles. The molecule has 0 N–H and O–H groups in total. The van der Waals surface area contributed by atoms with Crippen LogP contribution in [0.3, 0.4) is 0 Å². The average Bonchev–Trinajstić information content (AvgIpc) is 2.76. The smallest absolute Gasteiger partial charge is 0.242 e. The molecule has 4 rings (SSSR count). The first-order valence-corrected chi connectivity index (χ1v) is 10.2. The van der Waals surface area contributed by atoms with E-state index in [-0.39, 0.29) is 23.7 Å². The number of nitrogens with zero attached hydrogens (tertiary/aromatic N) is 2. The molecule has 0 spiro atoms. The highest BCUT2D eigenvalue weighted by Gasteiger charge is 2.23. The molecule has 0 aliphatic carbocycles. The molecule has 1 aliphatic rings. The zero-order valence-corrected chi connectivity index (χ0v) is 16.4. The van der Waals surface area contributed by atoms with E-state index in [0.29, 0.717) is 11.3 Å². The summed E-state index contributed by atoms with van der Waals surface area (Å²) in [6.07, 6.45) is 5.73. The monoisotopic (exact) mass is 392 g/mol. The van der Waals surface area contributed by atoms with Crippen LogP contribution in [0.4, 0.5) is 4.39 Å². The molecule has 2 aromatic carbocycles. The van der Waals surface area contributed by atoms with Crippen molar-refractivity contribution in [3.63, 3.8) is 0 Å². The fourth-order valence-electron chi connectivity index (χ4n) is 4.19. The summed E-state index contributed by atoms with van der Waals surface area (Å²) in [4.78, 5) is 26.9. The fraction of sp³-hybridized carbons (Fsp3) is 0.333. The van der Waals surface area contributed by atoms with E-state index in [4.69, 9.17) is 0 Å². The molecular weight excluding hydrogens is 367 g/mol. The summed E-state index contributed by atoms with van der Waals surface area (Å²) in [6, 6.07) is 15.6. The number of halogens is 1. The number of carbonyl (C=O) groups is 1. The predicted octanol–water partition coefficient (Wildman–Crippen LogP) is 4.01. The molecule has 150 valence electrons. The third kappa shape index (κ3) is 4.56. The highest BCUT2D eigenvalue weighted by Crippen LogP contribution is 2.22. The normalized spacial score (nSPS) is 16.9. The number of amides is 1. The minimum Gasteiger partial charge on any atom is -0.341 e. The summed E-state index contributed by atoms with van der Waals surface area (Å²) in [5, 5.41) is 0.638. The summed E-state index contributed by atoms with van der Waals surface area (Å²) in [5.74, 6) is 0.340. The number of benzene rings is 2. The summed E-state index contributed by atoms with van der Waals surface area (Å²) >= 11 is 0. The van der Waals surface area contributed by atoms with Gasteiger partial charge >= 0.3 is 0 Å². The fourth-order valence-corrected chi connectivity index (χ4v) is 4.19. The van der Waals surface area contributed by atoms with Crippen LogP contribution in [0.15, 0.2) is 65.6 Å². The number of pyridine rings is 1. The molecule has 2 heterocycles. The molecule has 0 bridgehead atoms. The Morgan fingerprint density at radius 2 is 1.86 bits per heavy atom. The number of hydrogen-bond acceptors (Lipinski definition) is 2. The zero-order chi connectivity index (χ0) is 20.2. The van der Waals surface area contributed by atoms with Gasteiger partial charge in [-0.1, -0.05) is 24.3 Å². The molecule has 29 heavy (non-hydrogen) atoms. The van der Waals surface area contributed by atoms with E-state index in [0.717, 1.165) is 49.9 Å². The highest BCUT2D eigenvalue weighted by molar-refractivity contribution is 5.82. The summed E-state index contributed by atoms with van der Waals surface area (Å²) < 4.78 is 14.9. The molecule has 1 saturated heterocycles. The zero-order valence-electron chi connectivity index (χ0n) is 16.4. The quantitative estimate of drug-likeness (QED) is 0.658. The number of carbonyl (C=O) groups excluding carboxylic acids is 1. The van der Waals surface area contributed by atoms with Gasteiger partial charge < -0.3 is 9.47 Å². The van der Waals surface area contributed by atoms with Crippen molar-refractivity contribution in [3.8, 4) is 0 Å². The van der Waals surface area contributed by atoms with Gasteiger partial charge in [0.2, 0.25) is 5.91 Å². The Bertz CT molecular complexity index is 1060. The van der Waals surface area contributed by atoms with E-state index < -0.39 is 0 Å². The third-order valence-corrected chi connectivity index (χ3v) is 5.82. The third-order valence-electron chi connectivity index (χ3n) is 5.82. The molecule has 5 heteroatoms. The van der Waals surface area contributed by atoms with Gasteiger partial charge in [-0.25, -0.2) is 4.39 Å². The van der Waals surface area contributed by atoms with Crippen molar-refractivity contribution in [3.05, 3.63) is 82.4 Å². The number of likely N-dealkylation sites (tertiary alicyclic amines) is 1. The summed E-state index contributed by atoms with van der Waals surface area (Å²) in [7, 11) is 0.